The highest BCUT2D eigenvalue weighted by Gasteiger charge is 2.32. The van der Waals surface area contributed by atoms with E-state index >= 15 is 0 Å². The second-order valence-corrected chi connectivity index (χ2v) is 6.78. The van der Waals surface area contributed by atoms with Crippen molar-refractivity contribution in [3.05, 3.63) is 64.1 Å². The zero-order valence-corrected chi connectivity index (χ0v) is 15.0. The van der Waals surface area contributed by atoms with Crippen LogP contribution >= 0.6 is 15.9 Å². The number of rotatable bonds is 4. The van der Waals surface area contributed by atoms with Gasteiger partial charge in [0.05, 0.1) is 12.1 Å². The first-order chi connectivity index (χ1) is 12.6. The van der Waals surface area contributed by atoms with Crippen molar-refractivity contribution in [2.24, 2.45) is 0 Å². The number of anilines is 1. The molecule has 1 N–H and O–H groups in total. The third kappa shape index (κ3) is 3.26. The fraction of sp³-hybridized carbons (Fsp3) is 0.235. The lowest BCUT2D eigenvalue weighted by Gasteiger charge is -2.31. The normalized spacial score (nSPS) is 19.1. The maximum atomic E-state index is 12.8. The Labute approximate surface area is 156 Å². The number of fused-ring (bicyclic) bond motifs is 1. The van der Waals surface area contributed by atoms with E-state index in [2.05, 4.69) is 41.5 Å². The van der Waals surface area contributed by atoms with E-state index in [0.717, 1.165) is 10.0 Å². The number of tetrazole rings is 1. The number of aromatic nitrogens is 4. The number of hydrogen-bond donors (Lipinski definition) is 1. The van der Waals surface area contributed by atoms with E-state index in [0.29, 0.717) is 17.9 Å². The summed E-state index contributed by atoms with van der Waals surface area (Å²) < 4.78 is 32.9. The number of hydrogen-bond acceptors (Lipinski definition) is 5. The van der Waals surface area contributed by atoms with E-state index in [1.54, 1.807) is 22.9 Å². The summed E-state index contributed by atoms with van der Waals surface area (Å²) in [4.78, 5) is 0. The van der Waals surface area contributed by atoms with E-state index in [9.17, 15) is 8.78 Å². The van der Waals surface area contributed by atoms with Crippen LogP contribution in [0.4, 0.5) is 14.7 Å². The molecule has 0 saturated carbocycles. The van der Waals surface area contributed by atoms with Crippen LogP contribution in [0.5, 0.6) is 5.75 Å². The molecular weight excluding hydrogens is 408 g/mol. The first-order valence-electron chi connectivity index (χ1n) is 7.95. The average Bonchev–Trinajstić information content (AvgIpc) is 3.10. The summed E-state index contributed by atoms with van der Waals surface area (Å²) in [5, 5.41) is 15.0. The third-order valence-corrected chi connectivity index (χ3v) is 4.84. The highest BCUT2D eigenvalue weighted by molar-refractivity contribution is 9.10. The van der Waals surface area contributed by atoms with Crippen LogP contribution in [0.2, 0.25) is 0 Å². The Balaban J connectivity index is 1.71. The van der Waals surface area contributed by atoms with Gasteiger partial charge in [0.1, 0.15) is 5.75 Å². The summed E-state index contributed by atoms with van der Waals surface area (Å²) in [6.45, 7) is -2.88. The predicted molar refractivity (Wildman–Crippen MR) is 94.2 cm³/mol. The zero-order valence-electron chi connectivity index (χ0n) is 13.4. The van der Waals surface area contributed by atoms with Gasteiger partial charge in [-0.1, -0.05) is 51.4 Å². The van der Waals surface area contributed by atoms with Gasteiger partial charge in [-0.05, 0) is 40.6 Å². The van der Waals surface area contributed by atoms with Crippen molar-refractivity contribution in [3.8, 4) is 5.75 Å². The molecule has 0 amide bonds. The molecule has 3 aromatic rings. The molecule has 1 aliphatic rings. The minimum atomic E-state index is -2.88. The Bertz CT molecular complexity index is 902. The number of nitrogens with one attached hydrogen (secondary N) is 1. The number of benzene rings is 2. The van der Waals surface area contributed by atoms with Crippen LogP contribution in [0, 0.1) is 0 Å². The van der Waals surface area contributed by atoms with Crippen LogP contribution in [0.25, 0.3) is 0 Å². The molecular formula is C17H14BrF2N5O. The molecule has 4 rings (SSSR count). The Hall–Kier alpha value is -2.55. The van der Waals surface area contributed by atoms with Crippen LogP contribution in [0.15, 0.2) is 53.0 Å². The second kappa shape index (κ2) is 6.99. The van der Waals surface area contributed by atoms with Gasteiger partial charge in [-0.25, -0.2) is 4.68 Å². The lowest BCUT2D eigenvalue weighted by atomic mass is 9.93. The molecule has 0 fully saturated rings. The molecule has 26 heavy (non-hydrogen) atoms. The van der Waals surface area contributed by atoms with Crippen LogP contribution in [-0.4, -0.2) is 26.8 Å². The first kappa shape index (κ1) is 16.9. The summed E-state index contributed by atoms with van der Waals surface area (Å²) in [6, 6.07) is 14.3. The fourth-order valence-electron chi connectivity index (χ4n) is 3.18. The van der Waals surface area contributed by atoms with Gasteiger partial charge in [0.15, 0.2) is 0 Å². The minimum Gasteiger partial charge on any atom is -0.434 e. The van der Waals surface area contributed by atoms with Crippen molar-refractivity contribution < 1.29 is 13.5 Å². The van der Waals surface area contributed by atoms with Gasteiger partial charge in [0, 0.05) is 10.0 Å². The molecule has 1 aliphatic heterocycles. The molecule has 9 heteroatoms. The van der Waals surface area contributed by atoms with Gasteiger partial charge < -0.3 is 10.1 Å². The van der Waals surface area contributed by atoms with E-state index in [1.807, 2.05) is 24.3 Å². The van der Waals surface area contributed by atoms with Crippen LogP contribution < -0.4 is 10.1 Å². The quantitative estimate of drug-likeness (QED) is 0.684. The number of nitrogens with zero attached hydrogens (tertiary/aromatic N) is 4. The predicted octanol–water partition coefficient (Wildman–Crippen LogP) is 4.18. The molecule has 1 aromatic heterocycles. The minimum absolute atomic E-state index is 0.126. The molecule has 0 aliphatic carbocycles. The summed E-state index contributed by atoms with van der Waals surface area (Å²) in [5.41, 5.74) is 1.67. The lowest BCUT2D eigenvalue weighted by molar-refractivity contribution is -0.0506. The first-order valence-corrected chi connectivity index (χ1v) is 8.74. The van der Waals surface area contributed by atoms with Crippen molar-refractivity contribution in [3.63, 3.8) is 0 Å². The monoisotopic (exact) mass is 421 g/mol. The molecule has 0 radical (unpaired) electrons. The van der Waals surface area contributed by atoms with Crippen LogP contribution in [-0.2, 0) is 0 Å². The Kier molecular flexibility index (Phi) is 4.54. The summed E-state index contributed by atoms with van der Waals surface area (Å²) in [5.74, 6) is 0.636. The second-order valence-electron chi connectivity index (χ2n) is 5.86. The molecule has 0 unspecified atom stereocenters. The molecule has 6 nitrogen and oxygen atoms in total. The van der Waals surface area contributed by atoms with Gasteiger partial charge in [0.25, 0.3) is 0 Å². The maximum Gasteiger partial charge on any atom is 0.387 e. The van der Waals surface area contributed by atoms with Crippen molar-refractivity contribution in [1.82, 2.24) is 20.2 Å². The molecule has 2 aromatic carbocycles. The Morgan fingerprint density at radius 2 is 1.92 bits per heavy atom. The van der Waals surface area contributed by atoms with Crippen LogP contribution in [0.3, 0.4) is 0 Å². The standard InChI is InChI=1S/C17H14BrF2N5O/c18-11-7-5-10(6-8-11)14-9-13(21-17-22-23-24-25(14)17)12-3-1-2-4-15(12)26-16(19)20/h1-8,13-14,16H,9H2,(H,21,22,24)/t13-,14-/m1/s1. The van der Waals surface area contributed by atoms with E-state index in [4.69, 9.17) is 0 Å². The van der Waals surface area contributed by atoms with Crippen molar-refractivity contribution in [2.75, 3.05) is 5.32 Å². The summed E-state index contributed by atoms with van der Waals surface area (Å²) in [7, 11) is 0. The molecule has 2 atom stereocenters. The highest BCUT2D eigenvalue weighted by Crippen LogP contribution is 2.40. The van der Waals surface area contributed by atoms with Gasteiger partial charge in [-0.3, -0.25) is 0 Å². The third-order valence-electron chi connectivity index (χ3n) is 4.32. The van der Waals surface area contributed by atoms with E-state index < -0.39 is 6.61 Å². The lowest BCUT2D eigenvalue weighted by Crippen LogP contribution is -2.28. The molecule has 134 valence electrons. The highest BCUT2D eigenvalue weighted by atomic mass is 79.9. The largest absolute Gasteiger partial charge is 0.434 e. The number of halogens is 3. The maximum absolute atomic E-state index is 12.8. The molecule has 0 bridgehead atoms. The Morgan fingerprint density at radius 3 is 2.69 bits per heavy atom. The summed E-state index contributed by atoms with van der Waals surface area (Å²) >= 11 is 3.43. The van der Waals surface area contributed by atoms with Crippen LogP contribution in [0.1, 0.15) is 29.6 Å². The topological polar surface area (TPSA) is 64.9 Å². The van der Waals surface area contributed by atoms with Gasteiger partial charge in [0.2, 0.25) is 5.95 Å². The fourth-order valence-corrected chi connectivity index (χ4v) is 3.44. The molecule has 0 saturated heterocycles. The number of ether oxygens (including phenoxy) is 1. The molecule has 0 spiro atoms. The van der Waals surface area contributed by atoms with Gasteiger partial charge in [-0.15, -0.1) is 0 Å². The van der Waals surface area contributed by atoms with Gasteiger partial charge in [-0.2, -0.15) is 8.78 Å². The number of alkyl halides is 2. The molecule has 2 heterocycles. The average molecular weight is 422 g/mol. The smallest absolute Gasteiger partial charge is 0.387 e. The SMILES string of the molecule is FC(F)Oc1ccccc1[C@H]1C[C@H](c2ccc(Br)cc2)n2nnnc2N1. The summed E-state index contributed by atoms with van der Waals surface area (Å²) in [6.07, 6.45) is 0.587. The van der Waals surface area contributed by atoms with E-state index in [-0.39, 0.29) is 17.8 Å². The van der Waals surface area contributed by atoms with Crippen molar-refractivity contribution in [1.29, 1.82) is 0 Å². The Morgan fingerprint density at radius 1 is 1.15 bits per heavy atom. The van der Waals surface area contributed by atoms with Crippen molar-refractivity contribution in [2.45, 2.75) is 25.1 Å². The van der Waals surface area contributed by atoms with Crippen molar-refractivity contribution >= 4 is 21.9 Å². The van der Waals surface area contributed by atoms with Gasteiger partial charge >= 0.3 is 6.61 Å². The number of para-hydroxylation sites is 1. The van der Waals surface area contributed by atoms with E-state index in [1.165, 1.54) is 6.07 Å². The zero-order chi connectivity index (χ0) is 18.1.